The summed E-state index contributed by atoms with van der Waals surface area (Å²) in [5.41, 5.74) is 0. The van der Waals surface area contributed by atoms with Gasteiger partial charge in [-0.15, -0.1) is 10.2 Å². The molecule has 0 aliphatic heterocycles. The zero-order valence-electron chi connectivity index (χ0n) is 7.72. The number of aliphatic hydroxyl groups excluding tert-OH is 1. The minimum atomic E-state index is -0.280. The van der Waals surface area contributed by atoms with E-state index >= 15 is 0 Å². The molecule has 1 saturated carbocycles. The van der Waals surface area contributed by atoms with Crippen LogP contribution in [-0.2, 0) is 7.05 Å². The molecule has 0 aromatic carbocycles. The minimum Gasteiger partial charge on any atom is -0.392 e. The second-order valence-electron chi connectivity index (χ2n) is 3.60. The van der Waals surface area contributed by atoms with Gasteiger partial charge in [0.15, 0.2) is 5.82 Å². The van der Waals surface area contributed by atoms with E-state index in [-0.39, 0.29) is 12.0 Å². The molecule has 5 nitrogen and oxygen atoms in total. The van der Waals surface area contributed by atoms with E-state index in [1.807, 2.05) is 0 Å². The summed E-state index contributed by atoms with van der Waals surface area (Å²) in [6, 6.07) is 0. The summed E-state index contributed by atoms with van der Waals surface area (Å²) >= 11 is 0. The van der Waals surface area contributed by atoms with Crippen molar-refractivity contribution < 1.29 is 5.11 Å². The quantitative estimate of drug-likeness (QED) is 0.675. The second kappa shape index (κ2) is 3.41. The number of hydrogen-bond acceptors (Lipinski definition) is 4. The van der Waals surface area contributed by atoms with Gasteiger partial charge in [0.1, 0.15) is 0 Å². The van der Waals surface area contributed by atoms with Gasteiger partial charge in [0.05, 0.1) is 13.2 Å². The Morgan fingerprint density at radius 2 is 2.15 bits per heavy atom. The van der Waals surface area contributed by atoms with Gasteiger partial charge in [-0.25, -0.2) is 0 Å². The van der Waals surface area contributed by atoms with Crippen molar-refractivity contribution in [1.29, 1.82) is 0 Å². The summed E-state index contributed by atoms with van der Waals surface area (Å²) in [5.74, 6) is 0.789. The zero-order chi connectivity index (χ0) is 9.26. The smallest absolute Gasteiger partial charge is 0.180 e. The van der Waals surface area contributed by atoms with Crippen LogP contribution >= 0.6 is 0 Å². The first-order chi connectivity index (χ1) is 6.27. The molecule has 1 N–H and O–H groups in total. The maximum absolute atomic E-state index is 9.71. The van der Waals surface area contributed by atoms with Gasteiger partial charge in [0.25, 0.3) is 0 Å². The second-order valence-corrected chi connectivity index (χ2v) is 3.60. The SMILES string of the molecule is Cn1nnc([C@@H]2CCCC[C@H]2O)n1. The van der Waals surface area contributed by atoms with Crippen LogP contribution in [0.1, 0.15) is 37.4 Å². The molecule has 1 aromatic heterocycles. The zero-order valence-corrected chi connectivity index (χ0v) is 7.72. The van der Waals surface area contributed by atoms with E-state index < -0.39 is 0 Å². The van der Waals surface area contributed by atoms with E-state index in [0.717, 1.165) is 25.7 Å². The Kier molecular flexibility index (Phi) is 2.26. The van der Waals surface area contributed by atoms with Crippen LogP contribution in [0.25, 0.3) is 0 Å². The third-order valence-corrected chi connectivity index (χ3v) is 2.58. The van der Waals surface area contributed by atoms with E-state index in [1.165, 1.54) is 4.80 Å². The Morgan fingerprint density at radius 1 is 1.38 bits per heavy atom. The first-order valence-corrected chi connectivity index (χ1v) is 4.69. The molecular weight excluding hydrogens is 168 g/mol. The molecule has 1 aliphatic rings. The molecule has 0 unspecified atom stereocenters. The van der Waals surface area contributed by atoms with Crippen LogP contribution in [0.15, 0.2) is 0 Å². The van der Waals surface area contributed by atoms with Crippen LogP contribution in [0.3, 0.4) is 0 Å². The lowest BCUT2D eigenvalue weighted by Gasteiger charge is -2.24. The maximum atomic E-state index is 9.71. The van der Waals surface area contributed by atoms with Gasteiger partial charge in [-0.3, -0.25) is 0 Å². The molecule has 1 aliphatic carbocycles. The predicted octanol–water partition coefficient (Wildman–Crippen LogP) is 0.229. The van der Waals surface area contributed by atoms with Crippen LogP contribution in [0.4, 0.5) is 0 Å². The van der Waals surface area contributed by atoms with Crippen LogP contribution in [-0.4, -0.2) is 31.4 Å². The molecular formula is C8H14N4O. The van der Waals surface area contributed by atoms with Crippen molar-refractivity contribution in [2.45, 2.75) is 37.7 Å². The molecule has 5 heteroatoms. The molecule has 0 bridgehead atoms. The Hall–Kier alpha value is -0.970. The van der Waals surface area contributed by atoms with Crippen LogP contribution < -0.4 is 0 Å². The number of hydrogen-bond donors (Lipinski definition) is 1. The van der Waals surface area contributed by atoms with Crippen molar-refractivity contribution >= 4 is 0 Å². The third kappa shape index (κ3) is 1.70. The molecule has 13 heavy (non-hydrogen) atoms. The summed E-state index contributed by atoms with van der Waals surface area (Å²) in [7, 11) is 1.74. The average Bonchev–Trinajstić information content (AvgIpc) is 2.53. The van der Waals surface area contributed by atoms with Crippen molar-refractivity contribution in [2.75, 3.05) is 0 Å². The number of aliphatic hydroxyl groups is 1. The average molecular weight is 182 g/mol. The Labute approximate surface area is 76.8 Å². The standard InChI is InChI=1S/C8H14N4O/c1-12-10-8(9-11-12)6-4-2-3-5-7(6)13/h6-7,13H,2-5H2,1H3/t6-,7-/m1/s1. The van der Waals surface area contributed by atoms with Gasteiger partial charge in [0, 0.05) is 5.92 Å². The number of nitrogens with zero attached hydrogens (tertiary/aromatic N) is 4. The van der Waals surface area contributed by atoms with Gasteiger partial charge < -0.3 is 5.11 Å². The number of aryl methyl sites for hydroxylation is 1. The van der Waals surface area contributed by atoms with Crippen molar-refractivity contribution in [3.8, 4) is 0 Å². The largest absolute Gasteiger partial charge is 0.392 e. The Balaban J connectivity index is 2.14. The van der Waals surface area contributed by atoms with E-state index in [2.05, 4.69) is 15.4 Å². The fraction of sp³-hybridized carbons (Fsp3) is 0.875. The van der Waals surface area contributed by atoms with Gasteiger partial charge in [0.2, 0.25) is 0 Å². The first-order valence-electron chi connectivity index (χ1n) is 4.69. The summed E-state index contributed by atoms with van der Waals surface area (Å²) < 4.78 is 0. The highest BCUT2D eigenvalue weighted by atomic mass is 16.3. The summed E-state index contributed by atoms with van der Waals surface area (Å²) in [6.45, 7) is 0. The van der Waals surface area contributed by atoms with Crippen molar-refractivity contribution in [3.05, 3.63) is 5.82 Å². The topological polar surface area (TPSA) is 63.8 Å². The van der Waals surface area contributed by atoms with Crippen molar-refractivity contribution in [1.82, 2.24) is 20.2 Å². The third-order valence-electron chi connectivity index (χ3n) is 2.58. The number of aromatic nitrogens is 4. The fourth-order valence-corrected chi connectivity index (χ4v) is 1.86. The molecule has 0 spiro atoms. The van der Waals surface area contributed by atoms with Crippen molar-refractivity contribution in [3.63, 3.8) is 0 Å². The molecule has 0 radical (unpaired) electrons. The van der Waals surface area contributed by atoms with E-state index in [0.29, 0.717) is 5.82 Å². The van der Waals surface area contributed by atoms with E-state index in [9.17, 15) is 5.11 Å². The molecule has 2 rings (SSSR count). The van der Waals surface area contributed by atoms with Crippen LogP contribution in [0.2, 0.25) is 0 Å². The van der Waals surface area contributed by atoms with Gasteiger partial charge in [-0.05, 0) is 18.1 Å². The van der Waals surface area contributed by atoms with Gasteiger partial charge in [-0.2, -0.15) is 4.80 Å². The normalized spacial score (nSPS) is 29.1. The molecule has 1 fully saturated rings. The lowest BCUT2D eigenvalue weighted by atomic mass is 9.86. The van der Waals surface area contributed by atoms with E-state index in [4.69, 9.17) is 0 Å². The van der Waals surface area contributed by atoms with E-state index in [1.54, 1.807) is 7.05 Å². The Morgan fingerprint density at radius 3 is 2.77 bits per heavy atom. The monoisotopic (exact) mass is 182 g/mol. The summed E-state index contributed by atoms with van der Waals surface area (Å²) in [4.78, 5) is 1.44. The maximum Gasteiger partial charge on any atom is 0.180 e. The lowest BCUT2D eigenvalue weighted by molar-refractivity contribution is 0.102. The van der Waals surface area contributed by atoms with Gasteiger partial charge >= 0.3 is 0 Å². The number of tetrazole rings is 1. The highest BCUT2D eigenvalue weighted by Crippen LogP contribution is 2.30. The van der Waals surface area contributed by atoms with Crippen molar-refractivity contribution in [2.24, 2.45) is 7.05 Å². The Bertz CT molecular complexity index is 285. The highest BCUT2D eigenvalue weighted by molar-refractivity contribution is 4.97. The molecule has 1 aromatic rings. The summed E-state index contributed by atoms with van der Waals surface area (Å²) in [6.07, 6.45) is 3.83. The fourth-order valence-electron chi connectivity index (χ4n) is 1.86. The molecule has 1 heterocycles. The van der Waals surface area contributed by atoms with Crippen LogP contribution in [0.5, 0.6) is 0 Å². The first kappa shape index (κ1) is 8.62. The predicted molar refractivity (Wildman–Crippen MR) is 46.0 cm³/mol. The molecule has 0 amide bonds. The molecule has 0 saturated heterocycles. The minimum absolute atomic E-state index is 0.0995. The lowest BCUT2D eigenvalue weighted by Crippen LogP contribution is -2.23. The van der Waals surface area contributed by atoms with Crippen LogP contribution in [0, 0.1) is 0 Å². The molecule has 72 valence electrons. The van der Waals surface area contributed by atoms with Gasteiger partial charge in [-0.1, -0.05) is 12.8 Å². The summed E-state index contributed by atoms with van der Waals surface area (Å²) in [5, 5.41) is 21.5. The number of rotatable bonds is 1. The highest BCUT2D eigenvalue weighted by Gasteiger charge is 2.27. The molecule has 2 atom stereocenters.